The quantitative estimate of drug-likeness (QED) is 0.138. The maximum Gasteiger partial charge on any atom is 0.373 e. The Morgan fingerprint density at radius 3 is 2.69 bits per heavy atom. The highest BCUT2D eigenvalue weighted by atomic mass is 32.1. The molecule has 0 saturated heterocycles. The molecule has 0 fully saturated rings. The fraction of sp³-hybridized carbons (Fsp3) is 0.125. The van der Waals surface area contributed by atoms with Crippen LogP contribution in [0.5, 0.6) is 11.6 Å². The molecular formula is C24H20N6O4S. The maximum absolute atomic E-state index is 11.9. The molecule has 2 aromatic heterocycles. The van der Waals surface area contributed by atoms with Crippen molar-refractivity contribution in [3.63, 3.8) is 0 Å². The number of Topliss-reactive ketones (excluding diaryl/α,β-unsaturated/α-hetero) is 1. The summed E-state index contributed by atoms with van der Waals surface area (Å²) in [6.07, 6.45) is 3.26. The van der Waals surface area contributed by atoms with Crippen molar-refractivity contribution in [1.29, 1.82) is 0 Å². The van der Waals surface area contributed by atoms with Crippen LogP contribution in [0, 0.1) is 10.1 Å². The lowest BCUT2D eigenvalue weighted by Crippen LogP contribution is -2.07. The van der Waals surface area contributed by atoms with Crippen molar-refractivity contribution in [1.82, 2.24) is 19.6 Å². The fourth-order valence-corrected chi connectivity index (χ4v) is 3.78. The van der Waals surface area contributed by atoms with Gasteiger partial charge in [0.05, 0.1) is 4.92 Å². The van der Waals surface area contributed by atoms with Gasteiger partial charge in [0.2, 0.25) is 5.82 Å². The molecule has 1 N–H and O–H groups in total. The van der Waals surface area contributed by atoms with Crippen LogP contribution in [-0.2, 0) is 13.0 Å². The van der Waals surface area contributed by atoms with Crippen molar-refractivity contribution in [3.8, 4) is 22.9 Å². The molecule has 0 atom stereocenters. The molecule has 4 aromatic rings. The van der Waals surface area contributed by atoms with E-state index in [9.17, 15) is 14.9 Å². The summed E-state index contributed by atoms with van der Waals surface area (Å²) < 4.78 is 9.69. The Balaban J connectivity index is 1.57. The van der Waals surface area contributed by atoms with Crippen LogP contribution in [0.25, 0.3) is 11.3 Å². The Morgan fingerprint density at radius 1 is 1.23 bits per heavy atom. The maximum atomic E-state index is 11.9. The second kappa shape index (κ2) is 10.6. The molecule has 0 aliphatic carbocycles. The molecule has 0 amide bonds. The number of anilines is 1. The van der Waals surface area contributed by atoms with Crippen molar-refractivity contribution in [2.75, 3.05) is 5.32 Å². The number of nitro groups is 1. The van der Waals surface area contributed by atoms with Gasteiger partial charge >= 0.3 is 11.6 Å². The highest BCUT2D eigenvalue weighted by Crippen LogP contribution is 2.36. The number of ketones is 1. The summed E-state index contributed by atoms with van der Waals surface area (Å²) in [5.74, 6) is 0.0607. The summed E-state index contributed by atoms with van der Waals surface area (Å²) in [4.78, 5) is 31.1. The Hall–Kier alpha value is -4.51. The third-order valence-corrected chi connectivity index (χ3v) is 5.58. The van der Waals surface area contributed by atoms with Crippen LogP contribution < -0.4 is 10.1 Å². The highest BCUT2D eigenvalue weighted by molar-refractivity contribution is 7.03. The van der Waals surface area contributed by atoms with E-state index in [1.54, 1.807) is 24.3 Å². The van der Waals surface area contributed by atoms with E-state index >= 15 is 0 Å². The van der Waals surface area contributed by atoms with Gasteiger partial charge in [-0.2, -0.15) is 4.98 Å². The third-order valence-electron chi connectivity index (χ3n) is 5.08. The van der Waals surface area contributed by atoms with Gasteiger partial charge in [0, 0.05) is 23.1 Å². The molecule has 0 saturated carbocycles. The molecule has 0 unspecified atom stereocenters. The monoisotopic (exact) mass is 488 g/mol. The normalized spacial score (nSPS) is 10.5. The number of allylic oxidation sites excluding steroid dienone is 1. The number of ether oxygens (including phenoxy) is 1. The van der Waals surface area contributed by atoms with Crippen molar-refractivity contribution >= 4 is 28.8 Å². The number of aromatic nitrogens is 4. The molecule has 35 heavy (non-hydrogen) atoms. The molecule has 0 bridgehead atoms. The van der Waals surface area contributed by atoms with Crippen LogP contribution in [0.3, 0.4) is 0 Å². The van der Waals surface area contributed by atoms with Crippen LogP contribution in [0.4, 0.5) is 11.5 Å². The third kappa shape index (κ3) is 5.53. The van der Waals surface area contributed by atoms with Gasteiger partial charge in [-0.25, -0.2) is 4.98 Å². The van der Waals surface area contributed by atoms with E-state index < -0.39 is 10.6 Å². The van der Waals surface area contributed by atoms with Gasteiger partial charge in [-0.1, -0.05) is 34.8 Å². The Bertz CT molecular complexity index is 1370. The van der Waals surface area contributed by atoms with Gasteiger partial charge in [0.1, 0.15) is 17.8 Å². The Labute approximate surface area is 204 Å². The first-order chi connectivity index (χ1) is 17.0. The minimum atomic E-state index is -0.590. The molecule has 11 heteroatoms. The predicted molar refractivity (Wildman–Crippen MR) is 132 cm³/mol. The summed E-state index contributed by atoms with van der Waals surface area (Å²) in [7, 11) is 0. The van der Waals surface area contributed by atoms with Crippen molar-refractivity contribution in [2.24, 2.45) is 0 Å². The first-order valence-electron chi connectivity index (χ1n) is 10.5. The minimum absolute atomic E-state index is 0.0263. The van der Waals surface area contributed by atoms with E-state index in [1.807, 2.05) is 29.6 Å². The Kier molecular flexibility index (Phi) is 7.17. The number of hydrogen-bond donors (Lipinski definition) is 1. The molecule has 2 heterocycles. The first kappa shape index (κ1) is 23.6. The van der Waals surface area contributed by atoms with E-state index in [0.29, 0.717) is 29.8 Å². The fourth-order valence-electron chi connectivity index (χ4n) is 3.32. The zero-order valence-electron chi connectivity index (χ0n) is 18.7. The molecule has 0 aliphatic rings. The number of nitrogens with zero attached hydrogens (tertiary/aromatic N) is 5. The van der Waals surface area contributed by atoms with Gasteiger partial charge in [0.25, 0.3) is 0 Å². The van der Waals surface area contributed by atoms with E-state index in [0.717, 1.165) is 16.8 Å². The van der Waals surface area contributed by atoms with Crippen molar-refractivity contribution < 1.29 is 14.5 Å². The average Bonchev–Trinajstić information content (AvgIpc) is 3.39. The molecule has 10 nitrogen and oxygen atoms in total. The van der Waals surface area contributed by atoms with Crippen molar-refractivity contribution in [2.45, 2.75) is 19.9 Å². The number of carbonyl (C=O) groups is 1. The molecule has 2 aromatic carbocycles. The Morgan fingerprint density at radius 2 is 2.03 bits per heavy atom. The van der Waals surface area contributed by atoms with Gasteiger partial charge in [-0.05, 0) is 54.2 Å². The van der Waals surface area contributed by atoms with Gasteiger partial charge in [-0.3, -0.25) is 14.9 Å². The lowest BCUT2D eigenvalue weighted by atomic mass is 10.0. The molecule has 4 rings (SSSR count). The molecule has 0 radical (unpaired) electrons. The van der Waals surface area contributed by atoms with Crippen molar-refractivity contribution in [3.05, 3.63) is 93.6 Å². The standard InChI is InChI=1S/C24H20N6O4S/c1-3-4-19-11-18(15(2)31)9-10-21(19)34-24-22(30(32)33)23(26-14-27-24)25-12-16-5-7-17(8-6-16)20-13-35-29-28-20/h3,5-11,13-14H,1,4,12H2,2H3,(H,25,26,27). The average molecular weight is 489 g/mol. The molecular weight excluding hydrogens is 468 g/mol. The summed E-state index contributed by atoms with van der Waals surface area (Å²) in [6.45, 7) is 5.48. The number of nitrogens with one attached hydrogen (secondary N) is 1. The van der Waals surface area contributed by atoms with Gasteiger partial charge in [-0.15, -0.1) is 11.7 Å². The molecule has 0 spiro atoms. The zero-order chi connectivity index (χ0) is 24.8. The second-order valence-corrected chi connectivity index (χ2v) is 8.06. The second-order valence-electron chi connectivity index (χ2n) is 7.45. The minimum Gasteiger partial charge on any atom is -0.433 e. The van der Waals surface area contributed by atoms with Crippen LogP contribution >= 0.6 is 11.5 Å². The van der Waals surface area contributed by atoms with Gasteiger partial charge < -0.3 is 10.1 Å². The number of rotatable bonds is 10. The molecule has 176 valence electrons. The largest absolute Gasteiger partial charge is 0.433 e. The van der Waals surface area contributed by atoms with E-state index in [1.165, 1.54) is 24.8 Å². The first-order valence-corrected chi connectivity index (χ1v) is 11.3. The predicted octanol–water partition coefficient (Wildman–Crippen LogP) is 5.24. The topological polar surface area (TPSA) is 133 Å². The number of hydrogen-bond acceptors (Lipinski definition) is 10. The van der Waals surface area contributed by atoms with E-state index in [4.69, 9.17) is 4.74 Å². The van der Waals surface area contributed by atoms with Crippen LogP contribution in [0.15, 0.2) is 66.8 Å². The summed E-state index contributed by atoms with van der Waals surface area (Å²) in [5.41, 5.74) is 3.38. The zero-order valence-corrected chi connectivity index (χ0v) is 19.5. The van der Waals surface area contributed by atoms with E-state index in [2.05, 4.69) is 31.5 Å². The van der Waals surface area contributed by atoms with E-state index in [-0.39, 0.29) is 17.5 Å². The van der Waals surface area contributed by atoms with Crippen LogP contribution in [0.2, 0.25) is 0 Å². The van der Waals surface area contributed by atoms with Gasteiger partial charge in [0.15, 0.2) is 5.78 Å². The summed E-state index contributed by atoms with van der Waals surface area (Å²) in [5, 5.41) is 20.8. The SMILES string of the molecule is C=CCc1cc(C(C)=O)ccc1Oc1ncnc(NCc2ccc(-c3csnn3)cc2)c1[N+](=O)[O-]. The number of benzene rings is 2. The lowest BCUT2D eigenvalue weighted by molar-refractivity contribution is -0.385. The van der Waals surface area contributed by atoms with Crippen LogP contribution in [-0.4, -0.2) is 30.3 Å². The summed E-state index contributed by atoms with van der Waals surface area (Å²) >= 11 is 1.27. The van der Waals surface area contributed by atoms with Crippen LogP contribution in [0.1, 0.15) is 28.4 Å². The lowest BCUT2D eigenvalue weighted by Gasteiger charge is -2.12. The summed E-state index contributed by atoms with van der Waals surface area (Å²) in [6, 6.07) is 12.5. The smallest absolute Gasteiger partial charge is 0.373 e. The molecule has 0 aliphatic heterocycles. The number of carbonyl (C=O) groups excluding carboxylic acids is 1. The highest BCUT2D eigenvalue weighted by Gasteiger charge is 2.25.